The average molecular weight is 301 g/mol. The molecule has 6 unspecified atom stereocenters. The van der Waals surface area contributed by atoms with Crippen molar-refractivity contribution in [3.63, 3.8) is 0 Å². The molecular weight excluding hydrogens is 285 g/mol. The number of amidine groups is 2. The molecule has 21 heavy (non-hydrogen) atoms. The predicted octanol–water partition coefficient (Wildman–Crippen LogP) is -2.19. The largest absolute Gasteiger partial charge is 0.467 e. The molecule has 10 heteroatoms. The van der Waals surface area contributed by atoms with E-state index in [1.54, 1.807) is 0 Å². The van der Waals surface area contributed by atoms with Gasteiger partial charge in [0.05, 0.1) is 20.1 Å². The zero-order chi connectivity index (χ0) is 15.1. The summed E-state index contributed by atoms with van der Waals surface area (Å²) in [5.74, 6) is 0.207. The molecule has 0 saturated carbocycles. The van der Waals surface area contributed by atoms with Crippen LogP contribution in [0.15, 0.2) is 15.0 Å². The van der Waals surface area contributed by atoms with Gasteiger partial charge in [-0.15, -0.1) is 0 Å². The van der Waals surface area contributed by atoms with Crippen molar-refractivity contribution < 1.29 is 24.1 Å². The minimum atomic E-state index is -1.70. The van der Waals surface area contributed by atoms with Crippen LogP contribution >= 0.6 is 0 Å². The molecule has 0 aliphatic carbocycles. The Bertz CT molecular complexity index is 513. The average Bonchev–Trinajstić information content (AvgIpc) is 3.02. The maximum absolute atomic E-state index is 14.2. The van der Waals surface area contributed by atoms with Crippen LogP contribution in [0.2, 0.25) is 0 Å². The highest BCUT2D eigenvalue weighted by atomic mass is 19.1. The second-order valence-electron chi connectivity index (χ2n) is 4.91. The lowest BCUT2D eigenvalue weighted by molar-refractivity contribution is -0.0693. The van der Waals surface area contributed by atoms with E-state index in [1.165, 1.54) is 18.3 Å². The van der Waals surface area contributed by atoms with Crippen molar-refractivity contribution in [2.24, 2.45) is 20.7 Å². The minimum Gasteiger partial charge on any atom is -0.467 e. The molecule has 3 rings (SSSR count). The molecule has 1 saturated heterocycles. The molecule has 116 valence electrons. The summed E-state index contributed by atoms with van der Waals surface area (Å²) < 4.78 is 24.5. The van der Waals surface area contributed by atoms with E-state index in [1.807, 2.05) is 0 Å². The number of aliphatic hydroxyl groups is 2. The van der Waals surface area contributed by atoms with Crippen LogP contribution in [0.1, 0.15) is 0 Å². The van der Waals surface area contributed by atoms with Gasteiger partial charge >= 0.3 is 6.02 Å². The van der Waals surface area contributed by atoms with E-state index >= 15 is 0 Å². The van der Waals surface area contributed by atoms with Crippen LogP contribution in [0.5, 0.6) is 0 Å². The Morgan fingerprint density at radius 1 is 1.57 bits per heavy atom. The number of nitrogens with zero attached hydrogens (tertiary/aromatic N) is 4. The maximum Gasteiger partial charge on any atom is 0.315 e. The Hall–Kier alpha value is -1.78. The summed E-state index contributed by atoms with van der Waals surface area (Å²) in [6.45, 7) is -0.479. The third-order valence-corrected chi connectivity index (χ3v) is 3.67. The fourth-order valence-corrected chi connectivity index (χ4v) is 2.55. The molecule has 0 aromatic heterocycles. The van der Waals surface area contributed by atoms with Gasteiger partial charge in [-0.2, -0.15) is 4.99 Å². The number of halogens is 1. The van der Waals surface area contributed by atoms with Crippen LogP contribution in [-0.4, -0.2) is 83.8 Å². The topological polar surface area (TPSA) is 125 Å². The molecule has 6 atom stereocenters. The summed E-state index contributed by atoms with van der Waals surface area (Å²) in [7, 11) is 1.39. The minimum absolute atomic E-state index is 0.0666. The smallest absolute Gasteiger partial charge is 0.315 e. The standard InChI is InChI=1S/C11H16FN5O4/c1-20-11-15-8(13)6-9(16-11)17(3-14-6)10-5(12)7(19)4(2-18)21-10/h3-7,9-10,18-19H,2H2,1H3,(H2,13,15,16). The SMILES string of the molecule is COC1=NC2C(N=CN2C2OC(CO)C(O)C2F)C(N)=N1. The molecule has 0 amide bonds. The highest BCUT2D eigenvalue weighted by Gasteiger charge is 2.51. The van der Waals surface area contributed by atoms with Crippen LogP contribution in [0, 0.1) is 0 Å². The van der Waals surface area contributed by atoms with E-state index < -0.39 is 43.4 Å². The van der Waals surface area contributed by atoms with Crippen LogP contribution in [0.25, 0.3) is 0 Å². The molecule has 0 spiro atoms. The first-order chi connectivity index (χ1) is 10.1. The van der Waals surface area contributed by atoms with Gasteiger partial charge in [-0.1, -0.05) is 0 Å². The molecule has 0 aromatic carbocycles. The predicted molar refractivity (Wildman–Crippen MR) is 70.6 cm³/mol. The van der Waals surface area contributed by atoms with Crippen molar-refractivity contribution in [3.05, 3.63) is 0 Å². The van der Waals surface area contributed by atoms with Crippen LogP contribution in [0.3, 0.4) is 0 Å². The first kappa shape index (κ1) is 14.2. The zero-order valence-corrected chi connectivity index (χ0v) is 11.2. The summed E-state index contributed by atoms with van der Waals surface area (Å²) >= 11 is 0. The van der Waals surface area contributed by atoms with Gasteiger partial charge in [-0.3, -0.25) is 4.99 Å². The van der Waals surface area contributed by atoms with Gasteiger partial charge in [0, 0.05) is 0 Å². The Morgan fingerprint density at radius 2 is 2.33 bits per heavy atom. The van der Waals surface area contributed by atoms with Gasteiger partial charge in [0.2, 0.25) is 0 Å². The summed E-state index contributed by atoms with van der Waals surface area (Å²) in [5.41, 5.74) is 5.79. The van der Waals surface area contributed by atoms with Crippen molar-refractivity contribution in [1.82, 2.24) is 4.90 Å². The number of hydrogen-bond donors (Lipinski definition) is 3. The Labute approximate surface area is 119 Å². The zero-order valence-electron chi connectivity index (χ0n) is 11.2. The number of methoxy groups -OCH3 is 1. The maximum atomic E-state index is 14.2. The number of fused-ring (bicyclic) bond motifs is 1. The monoisotopic (exact) mass is 301 g/mol. The van der Waals surface area contributed by atoms with Crippen molar-refractivity contribution in [2.45, 2.75) is 36.8 Å². The van der Waals surface area contributed by atoms with Gasteiger partial charge in [0.25, 0.3) is 0 Å². The normalized spacial score (nSPS) is 41.8. The summed E-state index contributed by atoms with van der Waals surface area (Å²) in [6.07, 6.45) is -4.49. The van der Waals surface area contributed by atoms with Gasteiger partial charge in [0.1, 0.15) is 24.1 Å². The van der Waals surface area contributed by atoms with Crippen molar-refractivity contribution in [1.29, 1.82) is 0 Å². The van der Waals surface area contributed by atoms with E-state index in [2.05, 4.69) is 15.0 Å². The molecule has 3 aliphatic rings. The molecule has 3 aliphatic heterocycles. The second-order valence-corrected chi connectivity index (χ2v) is 4.91. The number of nitrogens with two attached hydrogens (primary N) is 1. The summed E-state index contributed by atoms with van der Waals surface area (Å²) in [6, 6.07) is -0.484. The Morgan fingerprint density at radius 3 is 2.95 bits per heavy atom. The van der Waals surface area contributed by atoms with E-state index in [4.69, 9.17) is 20.3 Å². The summed E-state index contributed by atoms with van der Waals surface area (Å²) in [5, 5.41) is 18.8. The fraction of sp³-hybridized carbons (Fsp3) is 0.727. The van der Waals surface area contributed by atoms with Gasteiger partial charge in [-0.25, -0.2) is 9.38 Å². The van der Waals surface area contributed by atoms with E-state index in [0.29, 0.717) is 0 Å². The molecule has 3 heterocycles. The van der Waals surface area contributed by atoms with Crippen LogP contribution in [-0.2, 0) is 9.47 Å². The molecule has 0 aromatic rings. The third kappa shape index (κ3) is 2.15. The highest BCUT2D eigenvalue weighted by molar-refractivity contribution is 5.99. The van der Waals surface area contributed by atoms with Crippen LogP contribution in [0.4, 0.5) is 4.39 Å². The third-order valence-electron chi connectivity index (χ3n) is 3.67. The number of aliphatic imine (C=N–C) groups is 3. The van der Waals surface area contributed by atoms with Crippen LogP contribution < -0.4 is 5.73 Å². The van der Waals surface area contributed by atoms with Crippen molar-refractivity contribution >= 4 is 18.2 Å². The van der Waals surface area contributed by atoms with E-state index in [9.17, 15) is 9.50 Å². The Kier molecular flexibility index (Phi) is 3.51. The first-order valence-corrected chi connectivity index (χ1v) is 6.42. The number of ether oxygens (including phenoxy) is 2. The molecule has 9 nitrogen and oxygen atoms in total. The fourth-order valence-electron chi connectivity index (χ4n) is 2.55. The van der Waals surface area contributed by atoms with E-state index in [0.717, 1.165) is 0 Å². The van der Waals surface area contributed by atoms with Crippen molar-refractivity contribution in [3.8, 4) is 0 Å². The van der Waals surface area contributed by atoms with E-state index in [-0.39, 0.29) is 11.9 Å². The highest BCUT2D eigenvalue weighted by Crippen LogP contribution is 2.31. The molecule has 1 fully saturated rings. The number of rotatable bonds is 2. The molecular formula is C11H16FN5O4. The first-order valence-electron chi connectivity index (χ1n) is 6.42. The Balaban J connectivity index is 1.83. The molecule has 0 bridgehead atoms. The lowest BCUT2D eigenvalue weighted by Gasteiger charge is -2.31. The molecule has 0 radical (unpaired) electrons. The lowest BCUT2D eigenvalue weighted by Crippen LogP contribution is -2.51. The van der Waals surface area contributed by atoms with Crippen molar-refractivity contribution in [2.75, 3.05) is 13.7 Å². The number of hydrogen-bond acceptors (Lipinski definition) is 9. The quantitative estimate of drug-likeness (QED) is 0.532. The number of aliphatic hydroxyl groups excluding tert-OH is 2. The summed E-state index contributed by atoms with van der Waals surface area (Å²) in [4.78, 5) is 13.7. The van der Waals surface area contributed by atoms with Gasteiger partial charge < -0.3 is 30.3 Å². The lowest BCUT2D eigenvalue weighted by atomic mass is 10.1. The number of alkyl halides is 1. The van der Waals surface area contributed by atoms with Gasteiger partial charge in [0.15, 0.2) is 18.6 Å². The molecule has 4 N–H and O–H groups in total. The second kappa shape index (κ2) is 5.20. The van der Waals surface area contributed by atoms with Gasteiger partial charge in [-0.05, 0) is 0 Å².